The van der Waals surface area contributed by atoms with Gasteiger partial charge in [0.2, 0.25) is 5.95 Å². The van der Waals surface area contributed by atoms with Crippen molar-refractivity contribution in [3.05, 3.63) is 55.1 Å². The molecule has 1 aromatic carbocycles. The van der Waals surface area contributed by atoms with Crippen molar-refractivity contribution in [3.8, 4) is 0 Å². The molecule has 2 aliphatic heterocycles. The molecule has 0 saturated carbocycles. The van der Waals surface area contributed by atoms with Gasteiger partial charge in [0, 0.05) is 59.6 Å². The summed E-state index contributed by atoms with van der Waals surface area (Å²) in [7, 11) is 0. The summed E-state index contributed by atoms with van der Waals surface area (Å²) < 4.78 is 7.99. The zero-order valence-electron chi connectivity index (χ0n) is 18.0. The molecule has 2 saturated heterocycles. The predicted octanol–water partition coefficient (Wildman–Crippen LogP) is 3.76. The van der Waals surface area contributed by atoms with Crippen LogP contribution in [0.4, 0.5) is 5.95 Å². The Morgan fingerprint density at radius 1 is 1.06 bits per heavy atom. The van der Waals surface area contributed by atoms with E-state index in [1.807, 2.05) is 43.0 Å². The van der Waals surface area contributed by atoms with Gasteiger partial charge in [-0.3, -0.25) is 9.38 Å². The van der Waals surface area contributed by atoms with Crippen LogP contribution in [-0.2, 0) is 4.74 Å². The maximum atomic E-state index is 6.50. The summed E-state index contributed by atoms with van der Waals surface area (Å²) >= 11 is 1.68. The fourth-order valence-corrected chi connectivity index (χ4v) is 6.09. The van der Waals surface area contributed by atoms with E-state index in [0.717, 1.165) is 64.8 Å². The number of imidazole rings is 1. The second-order valence-electron chi connectivity index (χ2n) is 8.86. The lowest BCUT2D eigenvalue weighted by atomic mass is 9.73. The Morgan fingerprint density at radius 3 is 2.72 bits per heavy atom. The molecule has 0 bridgehead atoms. The van der Waals surface area contributed by atoms with E-state index in [4.69, 9.17) is 15.5 Å². The summed E-state index contributed by atoms with van der Waals surface area (Å²) in [6.45, 7) is 4.70. The van der Waals surface area contributed by atoms with Gasteiger partial charge >= 0.3 is 0 Å². The quantitative estimate of drug-likeness (QED) is 0.513. The first-order chi connectivity index (χ1) is 15.6. The number of hydrogen-bond acceptors (Lipinski definition) is 7. The molecule has 2 N–H and O–H groups in total. The van der Waals surface area contributed by atoms with Crippen LogP contribution >= 0.6 is 11.8 Å². The van der Waals surface area contributed by atoms with Gasteiger partial charge in [-0.1, -0.05) is 30.0 Å². The Kier molecular flexibility index (Phi) is 4.82. The monoisotopic (exact) mass is 446 g/mol. The molecule has 1 spiro atoms. The summed E-state index contributed by atoms with van der Waals surface area (Å²) in [6.07, 6.45) is 9.85. The number of rotatable bonds is 3. The summed E-state index contributed by atoms with van der Waals surface area (Å²) in [4.78, 5) is 18.6. The van der Waals surface area contributed by atoms with E-state index in [1.54, 1.807) is 11.8 Å². The zero-order chi connectivity index (χ0) is 21.7. The Bertz CT molecular complexity index is 1280. The summed E-state index contributed by atoms with van der Waals surface area (Å²) in [5.74, 6) is 0.942. The first kappa shape index (κ1) is 20.0. The lowest BCUT2D eigenvalue weighted by molar-refractivity contribution is 0.0973. The van der Waals surface area contributed by atoms with Crippen molar-refractivity contribution in [3.63, 3.8) is 0 Å². The summed E-state index contributed by atoms with van der Waals surface area (Å²) in [5, 5.41) is 1.14. The molecule has 0 amide bonds. The van der Waals surface area contributed by atoms with Gasteiger partial charge in [0.25, 0.3) is 0 Å². The number of nitrogens with two attached hydrogens (primary N) is 1. The van der Waals surface area contributed by atoms with Crippen LogP contribution in [0.25, 0.3) is 16.6 Å². The van der Waals surface area contributed by atoms with E-state index in [2.05, 4.69) is 38.3 Å². The highest BCUT2D eigenvalue weighted by molar-refractivity contribution is 7.99. The fourth-order valence-electron chi connectivity index (χ4n) is 5.09. The molecule has 0 radical (unpaired) electrons. The Balaban J connectivity index is 1.29. The van der Waals surface area contributed by atoms with E-state index in [1.165, 1.54) is 0 Å². The number of fused-ring (bicyclic) bond motifs is 2. The van der Waals surface area contributed by atoms with Gasteiger partial charge in [-0.15, -0.1) is 0 Å². The third-order valence-corrected chi connectivity index (χ3v) is 8.18. The third kappa shape index (κ3) is 3.17. The fraction of sp³-hybridized carbons (Fsp3) is 0.375. The Morgan fingerprint density at radius 2 is 1.91 bits per heavy atom. The second-order valence-corrected chi connectivity index (χ2v) is 9.95. The van der Waals surface area contributed by atoms with Gasteiger partial charge in [-0.2, -0.15) is 0 Å². The van der Waals surface area contributed by atoms with Crippen molar-refractivity contribution in [2.75, 3.05) is 24.6 Å². The van der Waals surface area contributed by atoms with E-state index < -0.39 is 0 Å². The molecule has 0 unspecified atom stereocenters. The molecule has 6 rings (SSSR count). The summed E-state index contributed by atoms with van der Waals surface area (Å²) in [6, 6.07) is 10.4. The van der Waals surface area contributed by atoms with Crippen molar-refractivity contribution in [1.29, 1.82) is 0 Å². The van der Waals surface area contributed by atoms with Gasteiger partial charge in [0.1, 0.15) is 0 Å². The highest BCUT2D eigenvalue weighted by atomic mass is 32.2. The van der Waals surface area contributed by atoms with E-state index >= 15 is 0 Å². The number of piperidine rings is 1. The van der Waals surface area contributed by atoms with Gasteiger partial charge in [0.15, 0.2) is 5.65 Å². The van der Waals surface area contributed by atoms with E-state index in [0.29, 0.717) is 0 Å². The predicted molar refractivity (Wildman–Crippen MR) is 126 cm³/mol. The smallest absolute Gasteiger partial charge is 0.211 e. The number of aromatic nitrogens is 4. The number of pyridine rings is 1. The first-order valence-corrected chi connectivity index (χ1v) is 11.9. The van der Waals surface area contributed by atoms with Crippen LogP contribution < -0.4 is 10.6 Å². The highest BCUT2D eigenvalue weighted by Crippen LogP contribution is 2.42. The van der Waals surface area contributed by atoms with Crippen LogP contribution in [0.3, 0.4) is 0 Å². The highest BCUT2D eigenvalue weighted by Gasteiger charge is 2.47. The van der Waals surface area contributed by atoms with E-state index in [9.17, 15) is 0 Å². The molecule has 8 heteroatoms. The lowest BCUT2D eigenvalue weighted by Crippen LogP contribution is -2.51. The van der Waals surface area contributed by atoms with Crippen molar-refractivity contribution in [2.45, 2.75) is 41.7 Å². The first-order valence-electron chi connectivity index (χ1n) is 11.1. The van der Waals surface area contributed by atoms with Gasteiger partial charge in [-0.25, -0.2) is 9.97 Å². The lowest BCUT2D eigenvalue weighted by Gasteiger charge is -2.41. The van der Waals surface area contributed by atoms with Crippen LogP contribution in [0.1, 0.15) is 19.8 Å². The largest absolute Gasteiger partial charge is 0.376 e. The van der Waals surface area contributed by atoms with Crippen LogP contribution in [0.5, 0.6) is 0 Å². The SMILES string of the molecule is C[C@@H]1OCC2(CCN(c3ncc(Sc4ccnc5ccccc45)c4nccn34)CC2)[C@@H]1N. The van der Waals surface area contributed by atoms with Crippen LogP contribution in [-0.4, -0.2) is 51.2 Å². The molecule has 2 aliphatic rings. The average molecular weight is 447 g/mol. The number of nitrogens with zero attached hydrogens (tertiary/aromatic N) is 5. The van der Waals surface area contributed by atoms with Crippen LogP contribution in [0, 0.1) is 5.41 Å². The van der Waals surface area contributed by atoms with Crippen LogP contribution in [0.15, 0.2) is 64.9 Å². The minimum atomic E-state index is 0.0994. The number of benzene rings is 1. The number of hydrogen-bond donors (Lipinski definition) is 1. The van der Waals surface area contributed by atoms with Crippen molar-refractivity contribution < 1.29 is 4.74 Å². The minimum absolute atomic E-state index is 0.0994. The molecule has 4 aromatic rings. The number of para-hydroxylation sites is 1. The number of ether oxygens (including phenoxy) is 1. The Labute approximate surface area is 191 Å². The second kappa shape index (κ2) is 7.72. The maximum absolute atomic E-state index is 6.50. The molecule has 3 aromatic heterocycles. The molecular formula is C24H26N6OS. The maximum Gasteiger partial charge on any atom is 0.211 e. The standard InChI is InChI=1S/C24H26N6OS/c1-16-21(25)24(15-31-16)7-11-29(12-8-24)23-28-14-20(22-27-10-13-30(22)23)32-19-6-9-26-18-5-3-2-4-17(18)19/h2-6,9-10,13-14,16,21H,7-8,11-12,15,25H2,1H3/t16-,21+/m0/s1. The average Bonchev–Trinajstić information content (AvgIpc) is 3.42. The minimum Gasteiger partial charge on any atom is -0.376 e. The zero-order valence-corrected chi connectivity index (χ0v) is 18.8. The van der Waals surface area contributed by atoms with Gasteiger partial charge in [-0.05, 0) is 31.9 Å². The molecule has 2 atom stereocenters. The Hall–Kier alpha value is -2.68. The van der Waals surface area contributed by atoms with E-state index in [-0.39, 0.29) is 17.6 Å². The molecule has 0 aliphatic carbocycles. The molecular weight excluding hydrogens is 420 g/mol. The number of anilines is 1. The van der Waals surface area contributed by atoms with Gasteiger partial charge < -0.3 is 15.4 Å². The van der Waals surface area contributed by atoms with Crippen molar-refractivity contribution in [1.82, 2.24) is 19.4 Å². The molecule has 164 valence electrons. The topological polar surface area (TPSA) is 81.6 Å². The molecule has 7 nitrogen and oxygen atoms in total. The molecule has 2 fully saturated rings. The van der Waals surface area contributed by atoms with Crippen molar-refractivity contribution >= 4 is 34.3 Å². The normalized spacial score (nSPS) is 22.9. The van der Waals surface area contributed by atoms with Gasteiger partial charge in [0.05, 0.1) is 23.1 Å². The summed E-state index contributed by atoms with van der Waals surface area (Å²) in [5.41, 5.74) is 8.52. The molecule has 5 heterocycles. The molecule has 32 heavy (non-hydrogen) atoms. The van der Waals surface area contributed by atoms with Crippen molar-refractivity contribution in [2.24, 2.45) is 11.1 Å². The van der Waals surface area contributed by atoms with Crippen LogP contribution in [0.2, 0.25) is 0 Å². The third-order valence-electron chi connectivity index (χ3n) is 7.09.